The quantitative estimate of drug-likeness (QED) is 0.338. The van der Waals surface area contributed by atoms with Crippen LogP contribution in [0.4, 0.5) is 5.69 Å². The molecule has 2 aromatic carbocycles. The SMILES string of the molecule is COc1ccc(-n2ncc3c(NC(=O)c4c(Cl)ccc(CNC(=O)C(C)(C)C)c4Cl)cccc32)cn1. The van der Waals surface area contributed by atoms with Crippen LogP contribution in [0.25, 0.3) is 16.6 Å². The Labute approximate surface area is 218 Å². The smallest absolute Gasteiger partial charge is 0.258 e. The number of anilines is 1. The molecule has 36 heavy (non-hydrogen) atoms. The molecule has 186 valence electrons. The maximum atomic E-state index is 13.3. The molecule has 2 aromatic heterocycles. The molecule has 0 aliphatic heterocycles. The van der Waals surface area contributed by atoms with Crippen LogP contribution >= 0.6 is 23.2 Å². The molecule has 4 aromatic rings. The highest BCUT2D eigenvalue weighted by Crippen LogP contribution is 2.31. The molecule has 0 unspecified atom stereocenters. The van der Waals surface area contributed by atoms with Gasteiger partial charge in [-0.05, 0) is 29.8 Å². The molecule has 2 amide bonds. The summed E-state index contributed by atoms with van der Waals surface area (Å²) in [5.41, 5.74) is 2.22. The van der Waals surface area contributed by atoms with Gasteiger partial charge in [-0.2, -0.15) is 5.10 Å². The maximum Gasteiger partial charge on any atom is 0.258 e. The Morgan fingerprint density at radius 3 is 2.50 bits per heavy atom. The summed E-state index contributed by atoms with van der Waals surface area (Å²) in [5.74, 6) is -0.104. The van der Waals surface area contributed by atoms with Gasteiger partial charge >= 0.3 is 0 Å². The van der Waals surface area contributed by atoms with E-state index in [2.05, 4.69) is 20.7 Å². The van der Waals surface area contributed by atoms with Crippen molar-refractivity contribution in [1.29, 1.82) is 0 Å². The number of nitrogens with one attached hydrogen (secondary N) is 2. The van der Waals surface area contributed by atoms with Crippen LogP contribution in [0.2, 0.25) is 10.0 Å². The lowest BCUT2D eigenvalue weighted by Gasteiger charge is -2.18. The van der Waals surface area contributed by atoms with Gasteiger partial charge < -0.3 is 15.4 Å². The first-order chi connectivity index (χ1) is 17.1. The van der Waals surface area contributed by atoms with Crippen LogP contribution in [0.3, 0.4) is 0 Å². The molecular formula is C26H25Cl2N5O3. The number of halogens is 2. The predicted molar refractivity (Wildman–Crippen MR) is 141 cm³/mol. The number of methoxy groups -OCH3 is 1. The Morgan fingerprint density at radius 1 is 1.06 bits per heavy atom. The van der Waals surface area contributed by atoms with Crippen molar-refractivity contribution in [2.75, 3.05) is 12.4 Å². The van der Waals surface area contributed by atoms with Gasteiger partial charge in [0.15, 0.2) is 0 Å². The third-order valence-electron chi connectivity index (χ3n) is 5.55. The Bertz CT molecular complexity index is 1440. The summed E-state index contributed by atoms with van der Waals surface area (Å²) in [4.78, 5) is 29.8. The van der Waals surface area contributed by atoms with Crippen molar-refractivity contribution in [3.05, 3.63) is 76.0 Å². The highest BCUT2D eigenvalue weighted by Gasteiger charge is 2.23. The van der Waals surface area contributed by atoms with Crippen molar-refractivity contribution >= 4 is 51.6 Å². The van der Waals surface area contributed by atoms with Crippen LogP contribution in [-0.2, 0) is 11.3 Å². The van der Waals surface area contributed by atoms with Gasteiger partial charge in [0.2, 0.25) is 11.8 Å². The van der Waals surface area contributed by atoms with Gasteiger partial charge in [0.25, 0.3) is 5.91 Å². The third kappa shape index (κ3) is 5.15. The zero-order valence-electron chi connectivity index (χ0n) is 20.2. The van der Waals surface area contributed by atoms with E-state index in [1.54, 1.807) is 48.5 Å². The van der Waals surface area contributed by atoms with Crippen LogP contribution in [0.5, 0.6) is 5.88 Å². The fourth-order valence-electron chi connectivity index (χ4n) is 3.55. The average molecular weight is 526 g/mol. The van der Waals surface area contributed by atoms with Crippen molar-refractivity contribution in [3.63, 3.8) is 0 Å². The number of rotatable bonds is 6. The highest BCUT2D eigenvalue weighted by atomic mass is 35.5. The molecule has 0 spiro atoms. The summed E-state index contributed by atoms with van der Waals surface area (Å²) < 4.78 is 6.84. The summed E-state index contributed by atoms with van der Waals surface area (Å²) in [6.07, 6.45) is 3.32. The van der Waals surface area contributed by atoms with Crippen molar-refractivity contribution in [1.82, 2.24) is 20.1 Å². The number of benzene rings is 2. The minimum atomic E-state index is -0.551. The van der Waals surface area contributed by atoms with E-state index < -0.39 is 11.3 Å². The van der Waals surface area contributed by atoms with Crippen LogP contribution in [0.15, 0.2) is 54.9 Å². The Balaban J connectivity index is 1.61. The van der Waals surface area contributed by atoms with Gasteiger partial charge in [0.05, 0.1) is 52.0 Å². The molecule has 0 atom stereocenters. The maximum absolute atomic E-state index is 13.3. The molecule has 0 bridgehead atoms. The van der Waals surface area contributed by atoms with E-state index in [1.807, 2.05) is 39.0 Å². The summed E-state index contributed by atoms with van der Waals surface area (Å²) in [6.45, 7) is 5.63. The third-order valence-corrected chi connectivity index (χ3v) is 6.30. The zero-order valence-corrected chi connectivity index (χ0v) is 21.7. The number of ether oxygens (including phenoxy) is 1. The number of hydrogen-bond acceptors (Lipinski definition) is 5. The summed E-state index contributed by atoms with van der Waals surface area (Å²) in [6, 6.07) is 12.3. The van der Waals surface area contributed by atoms with Gasteiger partial charge in [-0.25, -0.2) is 9.67 Å². The lowest BCUT2D eigenvalue weighted by atomic mass is 9.95. The van der Waals surface area contributed by atoms with Crippen LogP contribution in [0, 0.1) is 5.41 Å². The second kappa shape index (κ2) is 10.2. The predicted octanol–water partition coefficient (Wildman–Crippen LogP) is 5.65. The molecule has 0 radical (unpaired) electrons. The zero-order chi connectivity index (χ0) is 26.0. The molecular weight excluding hydrogens is 501 g/mol. The second-order valence-corrected chi connectivity index (χ2v) is 9.92. The van der Waals surface area contributed by atoms with E-state index in [-0.39, 0.29) is 28.1 Å². The van der Waals surface area contributed by atoms with Gasteiger partial charge in [-0.1, -0.05) is 56.1 Å². The van der Waals surface area contributed by atoms with Crippen LogP contribution in [0.1, 0.15) is 36.7 Å². The largest absolute Gasteiger partial charge is 0.481 e. The lowest BCUT2D eigenvalue weighted by Crippen LogP contribution is -2.34. The minimum Gasteiger partial charge on any atom is -0.481 e. The van der Waals surface area contributed by atoms with Crippen molar-refractivity contribution in [2.45, 2.75) is 27.3 Å². The van der Waals surface area contributed by atoms with Gasteiger partial charge in [-0.3, -0.25) is 9.59 Å². The van der Waals surface area contributed by atoms with E-state index in [9.17, 15) is 9.59 Å². The number of fused-ring (bicyclic) bond motifs is 1. The molecule has 8 nitrogen and oxygen atoms in total. The van der Waals surface area contributed by atoms with E-state index in [0.29, 0.717) is 17.1 Å². The number of amides is 2. The molecule has 0 fully saturated rings. The molecule has 4 rings (SSSR count). The Morgan fingerprint density at radius 2 is 1.83 bits per heavy atom. The lowest BCUT2D eigenvalue weighted by molar-refractivity contribution is -0.128. The number of carbonyl (C=O) groups is 2. The fourth-order valence-corrected chi connectivity index (χ4v) is 4.16. The minimum absolute atomic E-state index is 0.129. The standard InChI is InChI=1S/C26H25Cl2N5O3/c1-26(2,3)25(35)30-12-15-8-10-18(27)22(23(15)28)24(34)32-19-6-5-7-20-17(19)14-31-33(20)16-9-11-21(36-4)29-13-16/h5-11,13-14H,12H2,1-4H3,(H,30,35)(H,32,34). The monoisotopic (exact) mass is 525 g/mol. The van der Waals surface area contributed by atoms with Crippen molar-refractivity contribution < 1.29 is 14.3 Å². The first-order valence-electron chi connectivity index (χ1n) is 11.1. The van der Waals surface area contributed by atoms with E-state index in [1.165, 1.54) is 0 Å². The van der Waals surface area contributed by atoms with E-state index >= 15 is 0 Å². The van der Waals surface area contributed by atoms with Crippen molar-refractivity contribution in [2.24, 2.45) is 5.41 Å². The number of nitrogens with zero attached hydrogens (tertiary/aromatic N) is 3. The van der Waals surface area contributed by atoms with E-state index in [0.717, 1.165) is 16.6 Å². The number of carbonyl (C=O) groups excluding carboxylic acids is 2. The molecule has 10 heteroatoms. The molecule has 2 N–H and O–H groups in total. The number of aromatic nitrogens is 3. The molecule has 0 aliphatic carbocycles. The fraction of sp³-hybridized carbons (Fsp3) is 0.231. The molecule has 2 heterocycles. The van der Waals surface area contributed by atoms with Crippen LogP contribution < -0.4 is 15.4 Å². The van der Waals surface area contributed by atoms with Gasteiger partial charge in [0.1, 0.15) is 0 Å². The summed E-state index contributed by atoms with van der Waals surface area (Å²) in [7, 11) is 1.55. The first kappa shape index (κ1) is 25.5. The number of hydrogen-bond donors (Lipinski definition) is 2. The van der Waals surface area contributed by atoms with Crippen LogP contribution in [-0.4, -0.2) is 33.7 Å². The Hall–Kier alpha value is -3.62. The first-order valence-corrected chi connectivity index (χ1v) is 11.9. The van der Waals surface area contributed by atoms with Gasteiger partial charge in [-0.15, -0.1) is 0 Å². The number of pyridine rings is 1. The topological polar surface area (TPSA) is 98.1 Å². The molecule has 0 saturated heterocycles. The molecule has 0 saturated carbocycles. The van der Waals surface area contributed by atoms with Crippen molar-refractivity contribution in [3.8, 4) is 11.6 Å². The van der Waals surface area contributed by atoms with Gasteiger partial charge in [0, 0.05) is 23.4 Å². The van der Waals surface area contributed by atoms with E-state index in [4.69, 9.17) is 27.9 Å². The normalized spacial score (nSPS) is 11.4. The highest BCUT2D eigenvalue weighted by molar-refractivity contribution is 6.41. The summed E-state index contributed by atoms with van der Waals surface area (Å²) >= 11 is 12.9. The second-order valence-electron chi connectivity index (χ2n) is 9.14. The Kier molecular flexibility index (Phi) is 7.19. The average Bonchev–Trinajstić information content (AvgIpc) is 3.28. The molecule has 0 aliphatic rings. The summed E-state index contributed by atoms with van der Waals surface area (Å²) in [5, 5.41) is 11.3.